The molecule has 20 heavy (non-hydrogen) atoms. The van der Waals surface area contributed by atoms with Crippen molar-refractivity contribution >= 4 is 34.4 Å². The summed E-state index contributed by atoms with van der Waals surface area (Å²) in [7, 11) is 0. The third kappa shape index (κ3) is 3.32. The maximum Gasteiger partial charge on any atom is 0.332 e. The van der Waals surface area contributed by atoms with E-state index in [4.69, 9.17) is 5.26 Å². The molecule has 6 heteroatoms. The van der Waals surface area contributed by atoms with E-state index in [9.17, 15) is 4.79 Å². The van der Waals surface area contributed by atoms with Crippen LogP contribution in [0.4, 0.5) is 0 Å². The molecule has 2 heterocycles. The number of hydrogen-bond donors (Lipinski definition) is 0. The normalized spacial score (nSPS) is 11.2. The van der Waals surface area contributed by atoms with Crippen molar-refractivity contribution in [3.8, 4) is 15.8 Å². The Morgan fingerprint density at radius 3 is 2.60 bits per heavy atom. The van der Waals surface area contributed by atoms with Gasteiger partial charge in [-0.3, -0.25) is 0 Å². The third-order valence-corrected chi connectivity index (χ3v) is 4.98. The zero-order valence-corrected chi connectivity index (χ0v) is 12.7. The average molecular weight is 304 g/mol. The minimum absolute atomic E-state index is 0.115. The SMILES string of the molecule is CCc1ccc(-c2ccc(/C(C#N)=N/OC(C)=O)s2)s1. The summed E-state index contributed by atoms with van der Waals surface area (Å²) in [5.74, 6) is -0.541. The van der Waals surface area contributed by atoms with Crippen LogP contribution in [-0.2, 0) is 16.1 Å². The van der Waals surface area contributed by atoms with Crippen molar-refractivity contribution in [2.75, 3.05) is 0 Å². The molecule has 0 fully saturated rings. The molecule has 0 radical (unpaired) electrons. The summed E-state index contributed by atoms with van der Waals surface area (Å²) in [6, 6.07) is 9.89. The topological polar surface area (TPSA) is 62.4 Å². The molecule has 0 amide bonds. The first-order valence-corrected chi connectivity index (χ1v) is 7.62. The molecule has 2 aromatic rings. The van der Waals surface area contributed by atoms with Gasteiger partial charge in [-0.2, -0.15) is 5.26 Å². The van der Waals surface area contributed by atoms with Crippen LogP contribution in [0.1, 0.15) is 23.6 Å². The van der Waals surface area contributed by atoms with Crippen LogP contribution in [0.5, 0.6) is 0 Å². The Bertz CT molecular complexity index is 692. The molecule has 2 aromatic heterocycles. The van der Waals surface area contributed by atoms with Gasteiger partial charge < -0.3 is 4.84 Å². The minimum atomic E-state index is -0.541. The summed E-state index contributed by atoms with van der Waals surface area (Å²) in [5, 5.41) is 12.6. The van der Waals surface area contributed by atoms with Gasteiger partial charge >= 0.3 is 5.97 Å². The fraction of sp³-hybridized carbons (Fsp3) is 0.214. The quantitative estimate of drug-likeness (QED) is 0.490. The number of aryl methyl sites for hydroxylation is 1. The second kappa shape index (κ2) is 6.46. The van der Waals surface area contributed by atoms with Gasteiger partial charge in [0.1, 0.15) is 6.07 Å². The van der Waals surface area contributed by atoms with Crippen LogP contribution >= 0.6 is 22.7 Å². The molecule has 0 bridgehead atoms. The van der Waals surface area contributed by atoms with E-state index in [2.05, 4.69) is 29.0 Å². The summed E-state index contributed by atoms with van der Waals surface area (Å²) in [5.41, 5.74) is 0.115. The van der Waals surface area contributed by atoms with Crippen LogP contribution < -0.4 is 0 Å². The largest absolute Gasteiger partial charge is 0.332 e. The van der Waals surface area contributed by atoms with Crippen molar-refractivity contribution in [1.82, 2.24) is 0 Å². The van der Waals surface area contributed by atoms with Crippen molar-refractivity contribution in [2.24, 2.45) is 5.16 Å². The molecule has 0 atom stereocenters. The minimum Gasteiger partial charge on any atom is -0.317 e. The zero-order chi connectivity index (χ0) is 14.5. The van der Waals surface area contributed by atoms with Crippen LogP contribution in [0.2, 0.25) is 0 Å². The van der Waals surface area contributed by atoms with Crippen molar-refractivity contribution in [3.63, 3.8) is 0 Å². The highest BCUT2D eigenvalue weighted by Crippen LogP contribution is 2.34. The molecule has 0 spiro atoms. The Labute approximate surface area is 124 Å². The summed E-state index contributed by atoms with van der Waals surface area (Å²) < 4.78 is 0. The van der Waals surface area contributed by atoms with Crippen LogP contribution in [0, 0.1) is 11.3 Å². The number of nitriles is 1. The monoisotopic (exact) mass is 304 g/mol. The number of hydrogen-bond acceptors (Lipinski definition) is 6. The molecule has 0 unspecified atom stereocenters. The molecular formula is C14H12N2O2S2. The van der Waals surface area contributed by atoms with Crippen molar-refractivity contribution in [1.29, 1.82) is 5.26 Å². The smallest absolute Gasteiger partial charge is 0.317 e. The van der Waals surface area contributed by atoms with E-state index >= 15 is 0 Å². The Hall–Kier alpha value is -1.97. The molecule has 4 nitrogen and oxygen atoms in total. The Morgan fingerprint density at radius 2 is 2.00 bits per heavy atom. The first-order chi connectivity index (χ1) is 9.63. The Kier molecular flexibility index (Phi) is 4.66. The van der Waals surface area contributed by atoms with Crippen molar-refractivity contribution < 1.29 is 9.63 Å². The van der Waals surface area contributed by atoms with Gasteiger partial charge in [0.2, 0.25) is 0 Å². The molecular weight excluding hydrogens is 292 g/mol. The first kappa shape index (κ1) is 14.4. The number of oxime groups is 1. The van der Waals surface area contributed by atoms with E-state index in [0.29, 0.717) is 4.88 Å². The maximum absolute atomic E-state index is 10.7. The van der Waals surface area contributed by atoms with Crippen LogP contribution in [0.3, 0.4) is 0 Å². The van der Waals surface area contributed by atoms with Gasteiger partial charge in [0, 0.05) is 21.6 Å². The van der Waals surface area contributed by atoms with E-state index < -0.39 is 5.97 Å². The molecule has 2 rings (SSSR count). The maximum atomic E-state index is 10.7. The number of rotatable bonds is 4. The first-order valence-electron chi connectivity index (χ1n) is 5.99. The second-order valence-electron chi connectivity index (χ2n) is 3.92. The van der Waals surface area contributed by atoms with Gasteiger partial charge in [0.15, 0.2) is 5.71 Å². The molecule has 0 aliphatic carbocycles. The van der Waals surface area contributed by atoms with Gasteiger partial charge in [0.05, 0.1) is 4.88 Å². The lowest BCUT2D eigenvalue weighted by atomic mass is 10.3. The highest BCUT2D eigenvalue weighted by Gasteiger charge is 2.11. The highest BCUT2D eigenvalue weighted by atomic mass is 32.1. The lowest BCUT2D eigenvalue weighted by Crippen LogP contribution is -1.98. The lowest BCUT2D eigenvalue weighted by Gasteiger charge is -1.93. The highest BCUT2D eigenvalue weighted by molar-refractivity contribution is 7.23. The predicted octanol–water partition coefficient (Wildman–Crippen LogP) is 3.83. The predicted molar refractivity (Wildman–Crippen MR) is 80.9 cm³/mol. The van der Waals surface area contributed by atoms with E-state index in [1.54, 1.807) is 11.3 Å². The Balaban J connectivity index is 2.25. The molecule has 0 aromatic carbocycles. The fourth-order valence-corrected chi connectivity index (χ4v) is 3.50. The number of thiophene rings is 2. The fourth-order valence-electron chi connectivity index (χ4n) is 1.53. The van der Waals surface area contributed by atoms with Gasteiger partial charge in [-0.1, -0.05) is 12.1 Å². The molecule has 0 aliphatic heterocycles. The van der Waals surface area contributed by atoms with Gasteiger partial charge in [-0.15, -0.1) is 22.7 Å². The van der Waals surface area contributed by atoms with Crippen molar-refractivity contribution in [2.45, 2.75) is 20.3 Å². The summed E-state index contributed by atoms with van der Waals surface area (Å²) in [6.07, 6.45) is 1.01. The molecule has 0 saturated heterocycles. The van der Waals surface area contributed by atoms with Crippen LogP contribution in [-0.4, -0.2) is 11.7 Å². The average Bonchev–Trinajstić information content (AvgIpc) is 3.07. The summed E-state index contributed by atoms with van der Waals surface area (Å²) in [4.78, 5) is 19.5. The Morgan fingerprint density at radius 1 is 1.30 bits per heavy atom. The molecule has 0 N–H and O–H groups in total. The van der Waals surface area contributed by atoms with E-state index in [1.807, 2.05) is 18.2 Å². The standard InChI is InChI=1S/C14H12N2O2S2/c1-3-10-4-5-13(19-10)14-7-6-12(20-14)11(8-15)16-18-9(2)17/h4-7H,3H2,1-2H3/b16-11+. The zero-order valence-electron chi connectivity index (χ0n) is 11.0. The van der Waals surface area contributed by atoms with Crippen molar-refractivity contribution in [3.05, 3.63) is 34.0 Å². The van der Waals surface area contributed by atoms with E-state index in [0.717, 1.165) is 11.3 Å². The van der Waals surface area contributed by atoms with Gasteiger partial charge in [-0.25, -0.2) is 4.79 Å². The number of nitrogens with zero attached hydrogens (tertiary/aromatic N) is 2. The molecule has 102 valence electrons. The van der Waals surface area contributed by atoms with Crippen LogP contribution in [0.25, 0.3) is 9.75 Å². The summed E-state index contributed by atoms with van der Waals surface area (Å²) in [6.45, 7) is 3.37. The van der Waals surface area contributed by atoms with E-state index in [-0.39, 0.29) is 5.71 Å². The van der Waals surface area contributed by atoms with E-state index in [1.165, 1.54) is 28.0 Å². The van der Waals surface area contributed by atoms with Gasteiger partial charge in [-0.05, 0) is 30.7 Å². The van der Waals surface area contributed by atoms with Gasteiger partial charge in [0.25, 0.3) is 0 Å². The van der Waals surface area contributed by atoms with Crippen LogP contribution in [0.15, 0.2) is 29.4 Å². The second-order valence-corrected chi connectivity index (χ2v) is 6.17. The third-order valence-electron chi connectivity index (χ3n) is 2.46. The molecule has 0 aliphatic rings. The molecule has 0 saturated carbocycles. The summed E-state index contributed by atoms with van der Waals surface area (Å²) >= 11 is 3.20. The number of carbonyl (C=O) groups is 1. The lowest BCUT2D eigenvalue weighted by molar-refractivity contribution is -0.140. The number of carbonyl (C=O) groups excluding carboxylic acids is 1.